The molecule has 1 atom stereocenters. The molecular formula is C14H19BCl2N2O4. The second-order valence-electron chi connectivity index (χ2n) is 5.29. The van der Waals surface area contributed by atoms with Crippen molar-refractivity contribution in [3.8, 4) is 0 Å². The highest BCUT2D eigenvalue weighted by Crippen LogP contribution is 2.20. The zero-order chi connectivity index (χ0) is 17.4. The molecule has 126 valence electrons. The van der Waals surface area contributed by atoms with Crippen LogP contribution >= 0.6 is 23.2 Å². The fourth-order valence-corrected chi connectivity index (χ4v) is 2.22. The topological polar surface area (TPSA) is 87.7 Å². The summed E-state index contributed by atoms with van der Waals surface area (Å²) in [5.74, 6) is -0.668. The monoisotopic (exact) mass is 360 g/mol. The van der Waals surface area contributed by atoms with Gasteiger partial charge in [-0.15, -0.1) is 0 Å². The number of halogens is 2. The van der Waals surface area contributed by atoms with Crippen LogP contribution in [0.3, 0.4) is 0 Å². The quantitative estimate of drug-likeness (QED) is 0.484. The van der Waals surface area contributed by atoms with E-state index in [2.05, 4.69) is 10.6 Å². The molecule has 9 heteroatoms. The van der Waals surface area contributed by atoms with E-state index in [0.717, 1.165) is 0 Å². The van der Waals surface area contributed by atoms with Crippen LogP contribution in [0.25, 0.3) is 0 Å². The Morgan fingerprint density at radius 1 is 1.35 bits per heavy atom. The Hall–Kier alpha value is -1.28. The van der Waals surface area contributed by atoms with Crippen molar-refractivity contribution < 1.29 is 19.3 Å². The van der Waals surface area contributed by atoms with Crippen LogP contribution in [0.4, 0.5) is 0 Å². The van der Waals surface area contributed by atoms with Crippen molar-refractivity contribution in [2.45, 2.75) is 26.5 Å². The second-order valence-corrected chi connectivity index (χ2v) is 6.13. The molecule has 0 aliphatic heterocycles. The van der Waals surface area contributed by atoms with Crippen LogP contribution in [0.15, 0.2) is 18.2 Å². The average molecular weight is 361 g/mol. The lowest BCUT2D eigenvalue weighted by molar-refractivity contribution is -0.122. The van der Waals surface area contributed by atoms with E-state index < -0.39 is 25.7 Å². The number of hydrogen-bond donors (Lipinski definition) is 3. The molecule has 0 spiro atoms. The van der Waals surface area contributed by atoms with Crippen LogP contribution in [0, 0.1) is 5.92 Å². The van der Waals surface area contributed by atoms with Gasteiger partial charge in [0.2, 0.25) is 5.91 Å². The van der Waals surface area contributed by atoms with Gasteiger partial charge in [-0.05, 0) is 30.5 Å². The first-order valence-corrected chi connectivity index (χ1v) is 7.84. The van der Waals surface area contributed by atoms with Crippen LogP contribution in [0.1, 0.15) is 30.6 Å². The summed E-state index contributed by atoms with van der Waals surface area (Å²) in [6.45, 7) is 3.68. The predicted molar refractivity (Wildman–Crippen MR) is 90.6 cm³/mol. The summed E-state index contributed by atoms with van der Waals surface area (Å²) in [5, 5.41) is 14.5. The first kappa shape index (κ1) is 19.8. The standard InChI is InChI=1S/C14H19BCl2N2O4/c1-8(2)5-13(23-15-22)19-12(20)7-18-14(21)10-6-9(16)3-4-11(10)17/h3-4,6,8,13,15,22H,5,7H2,1-2H3,(H,18,21)(H,19,20)/t13-/m1/s1. The molecule has 0 bridgehead atoms. The normalized spacial score (nSPS) is 11.9. The summed E-state index contributed by atoms with van der Waals surface area (Å²) in [6, 6.07) is 4.50. The summed E-state index contributed by atoms with van der Waals surface area (Å²) in [6.07, 6.45) is -0.0699. The van der Waals surface area contributed by atoms with E-state index in [-0.39, 0.29) is 23.0 Å². The highest BCUT2D eigenvalue weighted by Gasteiger charge is 2.16. The molecule has 0 unspecified atom stereocenters. The minimum atomic E-state index is -0.612. The fourth-order valence-electron chi connectivity index (χ4n) is 1.84. The molecule has 0 saturated heterocycles. The maximum atomic E-state index is 12.0. The maximum absolute atomic E-state index is 12.0. The predicted octanol–water partition coefficient (Wildman–Crippen LogP) is 1.49. The molecule has 0 fully saturated rings. The molecule has 3 N–H and O–H groups in total. The first-order chi connectivity index (χ1) is 10.8. The van der Waals surface area contributed by atoms with Gasteiger partial charge >= 0.3 is 7.69 Å². The summed E-state index contributed by atoms with van der Waals surface area (Å²) >= 11 is 11.7. The van der Waals surface area contributed by atoms with Gasteiger partial charge in [0.25, 0.3) is 5.91 Å². The number of carbonyl (C=O) groups is 2. The van der Waals surface area contributed by atoms with Crippen molar-refractivity contribution in [3.05, 3.63) is 33.8 Å². The molecule has 0 saturated carbocycles. The number of carbonyl (C=O) groups excluding carboxylic acids is 2. The van der Waals surface area contributed by atoms with Gasteiger partial charge in [0, 0.05) is 5.02 Å². The van der Waals surface area contributed by atoms with Crippen molar-refractivity contribution >= 4 is 42.7 Å². The number of rotatable bonds is 8. The van der Waals surface area contributed by atoms with Gasteiger partial charge in [0.05, 0.1) is 17.1 Å². The van der Waals surface area contributed by atoms with E-state index in [1.54, 1.807) is 6.07 Å². The molecule has 0 aromatic heterocycles. The van der Waals surface area contributed by atoms with Gasteiger partial charge in [-0.3, -0.25) is 9.59 Å². The molecule has 0 aliphatic rings. The third kappa shape index (κ3) is 7.22. The lowest BCUT2D eigenvalue weighted by atomic mass is 10.1. The number of benzene rings is 1. The Kier molecular flexibility index (Phi) is 8.40. The van der Waals surface area contributed by atoms with E-state index in [4.69, 9.17) is 32.9 Å². The largest absolute Gasteiger partial charge is 0.436 e. The van der Waals surface area contributed by atoms with E-state index in [0.29, 0.717) is 11.4 Å². The van der Waals surface area contributed by atoms with Crippen LogP contribution in [-0.2, 0) is 9.45 Å². The smallest absolute Gasteiger partial charge is 0.430 e. The van der Waals surface area contributed by atoms with Crippen LogP contribution < -0.4 is 10.6 Å². The highest BCUT2D eigenvalue weighted by molar-refractivity contribution is 6.35. The Labute approximate surface area is 145 Å². The molecule has 6 nitrogen and oxygen atoms in total. The van der Waals surface area contributed by atoms with Crippen molar-refractivity contribution in [2.24, 2.45) is 5.92 Å². The zero-order valence-electron chi connectivity index (χ0n) is 12.9. The zero-order valence-corrected chi connectivity index (χ0v) is 14.4. The second kappa shape index (κ2) is 9.77. The van der Waals surface area contributed by atoms with Crippen molar-refractivity contribution in [3.63, 3.8) is 0 Å². The fraction of sp³-hybridized carbons (Fsp3) is 0.429. The maximum Gasteiger partial charge on any atom is 0.436 e. The number of amides is 2. The minimum absolute atomic E-state index is 0.192. The molecule has 1 rings (SSSR count). The van der Waals surface area contributed by atoms with Gasteiger partial charge in [0.15, 0.2) is 0 Å². The summed E-state index contributed by atoms with van der Waals surface area (Å²) in [7, 11) is -0.498. The highest BCUT2D eigenvalue weighted by atomic mass is 35.5. The lowest BCUT2D eigenvalue weighted by Gasteiger charge is -2.20. The average Bonchev–Trinajstić information content (AvgIpc) is 2.47. The molecule has 1 aromatic carbocycles. The third-order valence-electron chi connectivity index (χ3n) is 2.87. The van der Waals surface area contributed by atoms with E-state index >= 15 is 0 Å². The minimum Gasteiger partial charge on any atom is -0.430 e. The van der Waals surface area contributed by atoms with Gasteiger partial charge in [-0.25, -0.2) is 0 Å². The van der Waals surface area contributed by atoms with Gasteiger partial charge in [-0.2, -0.15) is 0 Å². The molecule has 23 heavy (non-hydrogen) atoms. The molecule has 0 aliphatic carbocycles. The number of nitrogens with one attached hydrogen (secondary N) is 2. The third-order valence-corrected chi connectivity index (χ3v) is 3.43. The van der Waals surface area contributed by atoms with Crippen molar-refractivity contribution in [2.75, 3.05) is 6.54 Å². The van der Waals surface area contributed by atoms with E-state index in [9.17, 15) is 9.59 Å². The summed E-state index contributed by atoms with van der Waals surface area (Å²) in [4.78, 5) is 23.9. The van der Waals surface area contributed by atoms with Gasteiger partial charge < -0.3 is 20.3 Å². The SMILES string of the molecule is CC(C)C[C@H](NC(=O)CNC(=O)c1cc(Cl)ccc1Cl)OBO. The van der Waals surface area contributed by atoms with Crippen LogP contribution in [0.2, 0.25) is 10.0 Å². The van der Waals surface area contributed by atoms with Crippen molar-refractivity contribution in [1.82, 2.24) is 10.6 Å². The number of hydrogen-bond acceptors (Lipinski definition) is 4. The lowest BCUT2D eigenvalue weighted by Crippen LogP contribution is -2.44. The molecule has 2 amide bonds. The van der Waals surface area contributed by atoms with Crippen LogP contribution in [-0.4, -0.2) is 37.3 Å². The van der Waals surface area contributed by atoms with Crippen molar-refractivity contribution in [1.29, 1.82) is 0 Å². The van der Waals surface area contributed by atoms with E-state index in [1.165, 1.54) is 12.1 Å². The van der Waals surface area contributed by atoms with Gasteiger partial charge in [-0.1, -0.05) is 37.0 Å². The van der Waals surface area contributed by atoms with Crippen LogP contribution in [0.5, 0.6) is 0 Å². The Morgan fingerprint density at radius 3 is 2.65 bits per heavy atom. The Morgan fingerprint density at radius 2 is 2.04 bits per heavy atom. The summed E-state index contributed by atoms with van der Waals surface area (Å²) in [5.41, 5.74) is 0.192. The van der Waals surface area contributed by atoms with Gasteiger partial charge in [0.1, 0.15) is 6.23 Å². The Bertz CT molecular complexity index is 558. The molecular weight excluding hydrogens is 342 g/mol. The molecule has 0 radical (unpaired) electrons. The molecule has 0 heterocycles. The van der Waals surface area contributed by atoms with E-state index in [1.807, 2.05) is 13.8 Å². The molecule has 1 aromatic rings. The Balaban J connectivity index is 2.54. The summed E-state index contributed by atoms with van der Waals surface area (Å²) < 4.78 is 5.02. The first-order valence-electron chi connectivity index (χ1n) is 7.08.